The Morgan fingerprint density at radius 2 is 1.73 bits per heavy atom. The van der Waals surface area contributed by atoms with Crippen LogP contribution in [-0.4, -0.2) is 49.4 Å². The smallest absolute Gasteiger partial charge is 0.124 e. The fourth-order valence-electron chi connectivity index (χ4n) is 4.34. The number of nitrogens with zero attached hydrogens (tertiary/aromatic N) is 1. The van der Waals surface area contributed by atoms with Gasteiger partial charge in [0.1, 0.15) is 18.1 Å². The minimum absolute atomic E-state index is 0. The second kappa shape index (κ2) is 12.4. The van der Waals surface area contributed by atoms with Crippen molar-refractivity contribution in [1.82, 2.24) is 10.2 Å². The van der Waals surface area contributed by atoms with E-state index in [0.29, 0.717) is 24.0 Å². The molecule has 2 N–H and O–H groups in total. The van der Waals surface area contributed by atoms with Gasteiger partial charge in [-0.15, -0.1) is 24.8 Å². The van der Waals surface area contributed by atoms with E-state index >= 15 is 0 Å². The Hall–Kier alpha value is -1.50. The molecule has 0 unspecified atom stereocenters. The number of ether oxygens (including phenoxy) is 2. The summed E-state index contributed by atoms with van der Waals surface area (Å²) in [6.45, 7) is 6.14. The van der Waals surface area contributed by atoms with Gasteiger partial charge in [-0.2, -0.15) is 0 Å². The zero-order chi connectivity index (χ0) is 19.2. The minimum Gasteiger partial charge on any atom is -0.507 e. The van der Waals surface area contributed by atoms with Crippen LogP contribution >= 0.6 is 24.8 Å². The number of nitrogens with one attached hydrogen (secondary N) is 1. The second-order valence-corrected chi connectivity index (χ2v) is 7.68. The van der Waals surface area contributed by atoms with E-state index in [-0.39, 0.29) is 30.9 Å². The molecular formula is C23H32Cl2N2O3. The third-order valence-electron chi connectivity index (χ3n) is 5.83. The summed E-state index contributed by atoms with van der Waals surface area (Å²) in [6, 6.07) is 16.1. The van der Waals surface area contributed by atoms with Gasteiger partial charge in [-0.3, -0.25) is 4.90 Å². The maximum Gasteiger partial charge on any atom is 0.124 e. The highest BCUT2D eigenvalue weighted by Gasteiger charge is 2.32. The molecule has 2 aromatic rings. The normalized spacial score (nSPS) is 18.7. The Labute approximate surface area is 191 Å². The number of hydrogen-bond acceptors (Lipinski definition) is 5. The highest BCUT2D eigenvalue weighted by Crippen LogP contribution is 2.40. The van der Waals surface area contributed by atoms with Crippen molar-refractivity contribution in [2.75, 3.05) is 39.4 Å². The molecule has 0 spiro atoms. The van der Waals surface area contributed by atoms with E-state index < -0.39 is 0 Å². The quantitative estimate of drug-likeness (QED) is 0.685. The fraction of sp³-hybridized carbons (Fsp3) is 0.478. The van der Waals surface area contributed by atoms with Crippen molar-refractivity contribution in [2.45, 2.75) is 25.5 Å². The van der Waals surface area contributed by atoms with E-state index in [1.54, 1.807) is 6.07 Å². The molecule has 2 aromatic carbocycles. The molecule has 0 radical (unpaired) electrons. The molecule has 4 rings (SSSR count). The molecule has 0 amide bonds. The minimum atomic E-state index is 0. The molecule has 0 aromatic heterocycles. The predicted octanol–water partition coefficient (Wildman–Crippen LogP) is 4.19. The van der Waals surface area contributed by atoms with Crippen LogP contribution in [0.15, 0.2) is 48.5 Å². The van der Waals surface area contributed by atoms with Gasteiger partial charge in [-0.25, -0.2) is 0 Å². The van der Waals surface area contributed by atoms with Crippen LogP contribution in [0.5, 0.6) is 11.5 Å². The molecule has 2 heterocycles. The van der Waals surface area contributed by atoms with E-state index in [2.05, 4.69) is 16.3 Å². The van der Waals surface area contributed by atoms with Crippen LogP contribution in [0.4, 0.5) is 0 Å². The summed E-state index contributed by atoms with van der Waals surface area (Å²) in [5.74, 6) is 1.55. The van der Waals surface area contributed by atoms with Gasteiger partial charge in [0.15, 0.2) is 0 Å². The lowest BCUT2D eigenvalue weighted by Gasteiger charge is -2.41. The van der Waals surface area contributed by atoms with E-state index in [1.807, 2.05) is 36.4 Å². The van der Waals surface area contributed by atoms with Crippen LogP contribution in [0.2, 0.25) is 0 Å². The summed E-state index contributed by atoms with van der Waals surface area (Å²) >= 11 is 0. The van der Waals surface area contributed by atoms with Crippen molar-refractivity contribution in [2.24, 2.45) is 5.92 Å². The predicted molar refractivity (Wildman–Crippen MR) is 124 cm³/mol. The fourth-order valence-corrected chi connectivity index (χ4v) is 4.34. The molecule has 0 saturated carbocycles. The number of phenols is 1. The summed E-state index contributed by atoms with van der Waals surface area (Å²) in [4.78, 5) is 2.52. The van der Waals surface area contributed by atoms with Gasteiger partial charge in [-0.1, -0.05) is 36.4 Å². The summed E-state index contributed by atoms with van der Waals surface area (Å²) in [5.41, 5.74) is 2.13. The summed E-state index contributed by atoms with van der Waals surface area (Å²) in [6.07, 6.45) is 2.08. The average molecular weight is 455 g/mol. The molecule has 2 aliphatic rings. The molecule has 2 aliphatic heterocycles. The summed E-state index contributed by atoms with van der Waals surface area (Å²) < 4.78 is 11.5. The van der Waals surface area contributed by atoms with E-state index in [4.69, 9.17) is 9.47 Å². The van der Waals surface area contributed by atoms with Gasteiger partial charge in [-0.05, 0) is 30.4 Å². The number of piperazine rings is 1. The van der Waals surface area contributed by atoms with Crippen molar-refractivity contribution < 1.29 is 14.6 Å². The Bertz CT molecular complexity index is 733. The van der Waals surface area contributed by atoms with Crippen LogP contribution in [0.25, 0.3) is 0 Å². The lowest BCUT2D eigenvalue weighted by molar-refractivity contribution is 0.0206. The second-order valence-electron chi connectivity index (χ2n) is 7.68. The van der Waals surface area contributed by atoms with Crippen molar-refractivity contribution in [1.29, 1.82) is 0 Å². The zero-order valence-corrected chi connectivity index (χ0v) is 18.8. The Balaban J connectivity index is 0.00000160. The highest BCUT2D eigenvalue weighted by molar-refractivity contribution is 5.85. The third kappa shape index (κ3) is 6.25. The van der Waals surface area contributed by atoms with Crippen LogP contribution in [0, 0.1) is 5.92 Å². The first-order valence-electron chi connectivity index (χ1n) is 10.3. The SMILES string of the molecule is Cl.Cl.Oc1cc(OCc2ccccc2)ccc1[C@@H](C1CCOCC1)N1CCNCC1. The lowest BCUT2D eigenvalue weighted by atomic mass is 9.85. The van der Waals surface area contributed by atoms with Gasteiger partial charge in [0.05, 0.1) is 0 Å². The Morgan fingerprint density at radius 1 is 1.03 bits per heavy atom. The maximum atomic E-state index is 10.9. The van der Waals surface area contributed by atoms with Gasteiger partial charge >= 0.3 is 0 Å². The lowest BCUT2D eigenvalue weighted by Crippen LogP contribution is -2.47. The largest absolute Gasteiger partial charge is 0.507 e. The monoisotopic (exact) mass is 454 g/mol. The van der Waals surface area contributed by atoms with Crippen LogP contribution in [-0.2, 0) is 11.3 Å². The topological polar surface area (TPSA) is 54.0 Å². The summed E-state index contributed by atoms with van der Waals surface area (Å²) in [5, 5.41) is 14.3. The maximum absolute atomic E-state index is 10.9. The van der Waals surface area contributed by atoms with Crippen molar-refractivity contribution in [3.63, 3.8) is 0 Å². The molecule has 7 heteroatoms. The number of phenolic OH excluding ortho intramolecular Hbond substituents is 1. The first kappa shape index (κ1) is 24.8. The third-order valence-corrected chi connectivity index (χ3v) is 5.83. The molecule has 1 atom stereocenters. The number of hydrogen-bond donors (Lipinski definition) is 2. The number of rotatable bonds is 6. The number of aromatic hydroxyl groups is 1. The average Bonchev–Trinajstić information content (AvgIpc) is 2.76. The molecule has 5 nitrogen and oxygen atoms in total. The van der Waals surface area contributed by atoms with E-state index in [1.165, 1.54) is 0 Å². The first-order chi connectivity index (χ1) is 13.8. The van der Waals surface area contributed by atoms with Crippen LogP contribution in [0.1, 0.15) is 30.0 Å². The highest BCUT2D eigenvalue weighted by atomic mass is 35.5. The molecule has 2 fully saturated rings. The molecule has 166 valence electrons. The van der Waals surface area contributed by atoms with Crippen molar-refractivity contribution in [3.05, 3.63) is 59.7 Å². The van der Waals surface area contributed by atoms with Gasteiger partial charge in [0.2, 0.25) is 0 Å². The zero-order valence-electron chi connectivity index (χ0n) is 17.2. The molecule has 2 saturated heterocycles. The van der Waals surface area contributed by atoms with Gasteiger partial charge in [0.25, 0.3) is 0 Å². The molecule has 0 aliphatic carbocycles. The number of benzene rings is 2. The van der Waals surface area contributed by atoms with Crippen LogP contribution < -0.4 is 10.1 Å². The van der Waals surface area contributed by atoms with Gasteiger partial charge in [0, 0.05) is 57.1 Å². The number of halogens is 2. The Morgan fingerprint density at radius 3 is 2.40 bits per heavy atom. The van der Waals surface area contributed by atoms with E-state index in [0.717, 1.165) is 63.4 Å². The van der Waals surface area contributed by atoms with Crippen molar-refractivity contribution in [3.8, 4) is 11.5 Å². The Kier molecular flexibility index (Phi) is 10.2. The standard InChI is InChI=1S/C23H30N2O3.2ClH/c26-22-16-20(28-17-18-4-2-1-3-5-18)6-7-21(22)23(19-8-14-27-15-9-19)25-12-10-24-11-13-25;;/h1-7,16,19,23-24,26H,8-15,17H2;2*1H/t23-;;/m1../s1. The molecular weight excluding hydrogens is 423 g/mol. The summed E-state index contributed by atoms with van der Waals surface area (Å²) in [7, 11) is 0. The van der Waals surface area contributed by atoms with Crippen molar-refractivity contribution >= 4 is 24.8 Å². The van der Waals surface area contributed by atoms with E-state index in [9.17, 15) is 5.11 Å². The molecule has 0 bridgehead atoms. The molecule has 30 heavy (non-hydrogen) atoms. The first-order valence-corrected chi connectivity index (χ1v) is 10.3. The van der Waals surface area contributed by atoms with Crippen LogP contribution in [0.3, 0.4) is 0 Å². The van der Waals surface area contributed by atoms with Gasteiger partial charge < -0.3 is 19.9 Å².